The third-order valence-electron chi connectivity index (χ3n) is 11.5. The molecule has 0 bridgehead atoms. The molecule has 0 saturated carbocycles. The molecule has 286 valence electrons. The van der Waals surface area contributed by atoms with Crippen molar-refractivity contribution in [1.29, 1.82) is 0 Å². The SMILES string of the molecule is c1ccc(-c2ccc(-c3nc(-c4ccccc4)nc(-c4cc5c(cc4-c4ccccc4)c4ccccc4n5-c4cccc(-c5cccc(-c6ccccc6)c5)c4)n3)cc2)cc1. The van der Waals surface area contributed by atoms with Crippen molar-refractivity contribution >= 4 is 21.8 Å². The molecule has 4 heteroatoms. The maximum Gasteiger partial charge on any atom is 0.164 e. The molecule has 0 aliphatic carbocycles. The molecular weight excluding hydrogens is 741 g/mol. The Morgan fingerprint density at radius 2 is 0.689 bits per heavy atom. The molecule has 0 aliphatic heterocycles. The fraction of sp³-hybridized carbons (Fsp3) is 0. The molecule has 61 heavy (non-hydrogen) atoms. The first kappa shape index (κ1) is 35.9. The highest BCUT2D eigenvalue weighted by Crippen LogP contribution is 2.41. The van der Waals surface area contributed by atoms with Crippen LogP contribution in [0.2, 0.25) is 0 Å². The van der Waals surface area contributed by atoms with Gasteiger partial charge in [0.15, 0.2) is 17.5 Å². The summed E-state index contributed by atoms with van der Waals surface area (Å²) >= 11 is 0. The van der Waals surface area contributed by atoms with Gasteiger partial charge in [-0.15, -0.1) is 0 Å². The van der Waals surface area contributed by atoms with E-state index in [2.05, 4.69) is 211 Å². The van der Waals surface area contributed by atoms with Crippen LogP contribution in [0.1, 0.15) is 0 Å². The van der Waals surface area contributed by atoms with E-state index in [0.29, 0.717) is 17.5 Å². The van der Waals surface area contributed by atoms with Crippen LogP contribution in [0.15, 0.2) is 231 Å². The number of nitrogens with zero attached hydrogens (tertiary/aromatic N) is 4. The Hall–Kier alpha value is -8.21. The number of benzene rings is 9. The molecule has 0 radical (unpaired) electrons. The maximum atomic E-state index is 5.31. The van der Waals surface area contributed by atoms with Crippen LogP contribution in [0.4, 0.5) is 0 Å². The van der Waals surface area contributed by atoms with E-state index < -0.39 is 0 Å². The van der Waals surface area contributed by atoms with E-state index >= 15 is 0 Å². The van der Waals surface area contributed by atoms with Crippen LogP contribution in [0.25, 0.3) is 106 Å². The number of hydrogen-bond donors (Lipinski definition) is 0. The zero-order valence-electron chi connectivity index (χ0n) is 33.2. The first-order valence-electron chi connectivity index (χ1n) is 20.6. The van der Waals surface area contributed by atoms with E-state index in [-0.39, 0.29) is 0 Å². The maximum absolute atomic E-state index is 5.31. The summed E-state index contributed by atoms with van der Waals surface area (Å²) in [4.78, 5) is 15.7. The van der Waals surface area contributed by atoms with Crippen molar-refractivity contribution in [3.63, 3.8) is 0 Å². The lowest BCUT2D eigenvalue weighted by Gasteiger charge is -2.15. The van der Waals surface area contributed by atoms with Gasteiger partial charge in [0, 0.05) is 33.2 Å². The van der Waals surface area contributed by atoms with Gasteiger partial charge in [0.25, 0.3) is 0 Å². The molecule has 0 atom stereocenters. The third kappa shape index (κ3) is 6.86. The number of rotatable bonds is 8. The summed E-state index contributed by atoms with van der Waals surface area (Å²) in [7, 11) is 0. The summed E-state index contributed by atoms with van der Waals surface area (Å²) < 4.78 is 2.38. The van der Waals surface area contributed by atoms with Gasteiger partial charge in [0.1, 0.15) is 0 Å². The molecule has 4 nitrogen and oxygen atoms in total. The smallest absolute Gasteiger partial charge is 0.164 e. The predicted octanol–water partition coefficient (Wildman–Crippen LogP) is 14.6. The molecule has 0 spiro atoms. The highest BCUT2D eigenvalue weighted by Gasteiger charge is 2.21. The minimum atomic E-state index is 0.611. The lowest BCUT2D eigenvalue weighted by molar-refractivity contribution is 1.07. The van der Waals surface area contributed by atoms with Gasteiger partial charge >= 0.3 is 0 Å². The van der Waals surface area contributed by atoms with Crippen LogP contribution in [0, 0.1) is 0 Å². The average molecular weight is 779 g/mol. The van der Waals surface area contributed by atoms with Crippen molar-refractivity contribution in [3.05, 3.63) is 231 Å². The van der Waals surface area contributed by atoms with Crippen LogP contribution < -0.4 is 0 Å². The molecule has 11 rings (SSSR count). The summed E-state index contributed by atoms with van der Waals surface area (Å²) in [6.45, 7) is 0. The minimum Gasteiger partial charge on any atom is -0.309 e. The molecule has 0 fully saturated rings. The Labute approximate surface area is 354 Å². The highest BCUT2D eigenvalue weighted by atomic mass is 15.0. The van der Waals surface area contributed by atoms with Crippen molar-refractivity contribution in [1.82, 2.24) is 19.5 Å². The second-order valence-electron chi connectivity index (χ2n) is 15.2. The Morgan fingerprint density at radius 3 is 1.34 bits per heavy atom. The van der Waals surface area contributed by atoms with E-state index in [1.807, 2.05) is 24.3 Å². The van der Waals surface area contributed by atoms with Gasteiger partial charge < -0.3 is 4.57 Å². The number of fused-ring (bicyclic) bond motifs is 3. The summed E-state index contributed by atoms with van der Waals surface area (Å²) in [6, 6.07) is 81.2. The first-order chi connectivity index (χ1) is 30.2. The van der Waals surface area contributed by atoms with Gasteiger partial charge in [0.05, 0.1) is 11.0 Å². The predicted molar refractivity (Wildman–Crippen MR) is 252 cm³/mol. The molecule has 0 N–H and O–H groups in total. The molecule has 0 unspecified atom stereocenters. The average Bonchev–Trinajstić information content (AvgIpc) is 3.68. The van der Waals surface area contributed by atoms with Crippen molar-refractivity contribution < 1.29 is 0 Å². The van der Waals surface area contributed by atoms with E-state index in [4.69, 9.17) is 15.0 Å². The van der Waals surface area contributed by atoms with Crippen LogP contribution in [0.5, 0.6) is 0 Å². The van der Waals surface area contributed by atoms with Gasteiger partial charge in [0.2, 0.25) is 0 Å². The lowest BCUT2D eigenvalue weighted by atomic mass is 9.96. The summed E-state index contributed by atoms with van der Waals surface area (Å²) in [5.41, 5.74) is 15.2. The van der Waals surface area contributed by atoms with Gasteiger partial charge in [-0.1, -0.05) is 194 Å². The van der Waals surface area contributed by atoms with Gasteiger partial charge in [-0.2, -0.15) is 0 Å². The van der Waals surface area contributed by atoms with Crippen molar-refractivity contribution in [3.8, 4) is 84.4 Å². The van der Waals surface area contributed by atoms with Crippen LogP contribution in [-0.4, -0.2) is 19.5 Å². The second-order valence-corrected chi connectivity index (χ2v) is 15.2. The van der Waals surface area contributed by atoms with Gasteiger partial charge in [-0.3, -0.25) is 0 Å². The van der Waals surface area contributed by atoms with Gasteiger partial charge in [-0.05, 0) is 80.9 Å². The normalized spacial score (nSPS) is 11.3. The fourth-order valence-electron chi connectivity index (χ4n) is 8.45. The number of hydrogen-bond acceptors (Lipinski definition) is 3. The van der Waals surface area contributed by atoms with Crippen molar-refractivity contribution in [2.45, 2.75) is 0 Å². The molecule has 9 aromatic carbocycles. The van der Waals surface area contributed by atoms with Crippen LogP contribution in [-0.2, 0) is 0 Å². The molecule has 0 aliphatic rings. The topological polar surface area (TPSA) is 43.6 Å². The second kappa shape index (κ2) is 15.5. The molecule has 11 aromatic rings. The van der Waals surface area contributed by atoms with Crippen LogP contribution >= 0.6 is 0 Å². The molecule has 0 saturated heterocycles. The number of para-hydroxylation sites is 1. The zero-order chi connectivity index (χ0) is 40.5. The Bertz CT molecular complexity index is 3320. The summed E-state index contributed by atoms with van der Waals surface area (Å²) in [5.74, 6) is 1.85. The zero-order valence-corrected chi connectivity index (χ0v) is 33.2. The largest absolute Gasteiger partial charge is 0.309 e. The molecule has 0 amide bonds. The highest BCUT2D eigenvalue weighted by molar-refractivity contribution is 6.12. The van der Waals surface area contributed by atoms with E-state index in [9.17, 15) is 0 Å². The monoisotopic (exact) mass is 778 g/mol. The molecule has 2 aromatic heterocycles. The van der Waals surface area contributed by atoms with E-state index in [0.717, 1.165) is 66.6 Å². The standard InChI is InChI=1S/C57H38N4/c1-5-17-39(18-6-1)41-31-33-44(34-32-41)56-58-55(43-23-11-4-12-24-43)59-57(60-56)52-38-54-51(37-50(52)42-21-9-3-10-22-42)49-29-13-14-30-53(49)61(54)48-28-16-27-47(36-48)46-26-15-25-45(35-46)40-19-7-2-8-20-40/h1-38H. The molecular formula is C57H38N4. The molecule has 2 heterocycles. The lowest BCUT2D eigenvalue weighted by Crippen LogP contribution is -2.02. The summed E-state index contributed by atoms with van der Waals surface area (Å²) in [5, 5.41) is 2.33. The van der Waals surface area contributed by atoms with Crippen molar-refractivity contribution in [2.24, 2.45) is 0 Å². The third-order valence-corrected chi connectivity index (χ3v) is 11.5. The summed E-state index contributed by atoms with van der Waals surface area (Å²) in [6.07, 6.45) is 0. The first-order valence-corrected chi connectivity index (χ1v) is 20.6. The Kier molecular flexibility index (Phi) is 9.14. The van der Waals surface area contributed by atoms with E-state index in [1.54, 1.807) is 0 Å². The van der Waals surface area contributed by atoms with Crippen LogP contribution in [0.3, 0.4) is 0 Å². The van der Waals surface area contributed by atoms with E-state index in [1.165, 1.54) is 22.1 Å². The van der Waals surface area contributed by atoms with Gasteiger partial charge in [-0.25, -0.2) is 15.0 Å². The number of aromatic nitrogens is 4. The quantitative estimate of drug-likeness (QED) is 0.154. The van der Waals surface area contributed by atoms with Crippen molar-refractivity contribution in [2.75, 3.05) is 0 Å². The minimum absolute atomic E-state index is 0.611. The fourth-order valence-corrected chi connectivity index (χ4v) is 8.45. The Balaban J connectivity index is 1.13. The Morgan fingerprint density at radius 1 is 0.246 bits per heavy atom.